The summed E-state index contributed by atoms with van der Waals surface area (Å²) < 4.78 is 7.24. The summed E-state index contributed by atoms with van der Waals surface area (Å²) in [4.78, 5) is 23.1. The smallest absolute Gasteiger partial charge is 0.280 e. The molecule has 0 amide bonds. The second kappa shape index (κ2) is 8.92. The van der Waals surface area contributed by atoms with Crippen molar-refractivity contribution in [2.24, 2.45) is 0 Å². The number of nitro benzene ring substituents is 1. The van der Waals surface area contributed by atoms with Crippen molar-refractivity contribution >= 4 is 29.1 Å². The Bertz CT molecular complexity index is 1150. The van der Waals surface area contributed by atoms with Crippen molar-refractivity contribution in [2.75, 3.05) is 7.11 Å². The van der Waals surface area contributed by atoms with Crippen molar-refractivity contribution in [3.8, 4) is 5.75 Å². The SMILES string of the molecule is COc1ccc(/C=C/C(=O)c2ccccc2[N+](=O)[O-])cc1Cn1nc(C)c(Cl)c1C. The molecule has 0 spiro atoms. The predicted octanol–water partition coefficient (Wildman–Crippen LogP) is 5.01. The lowest BCUT2D eigenvalue weighted by Crippen LogP contribution is -2.06. The van der Waals surface area contributed by atoms with E-state index in [4.69, 9.17) is 16.3 Å². The number of aromatic nitrogens is 2. The third-order valence-electron chi connectivity index (χ3n) is 4.71. The number of ketones is 1. The molecule has 7 nitrogen and oxygen atoms in total. The highest BCUT2D eigenvalue weighted by Gasteiger charge is 2.17. The summed E-state index contributed by atoms with van der Waals surface area (Å²) in [6.07, 6.45) is 2.95. The van der Waals surface area contributed by atoms with Gasteiger partial charge in [0.1, 0.15) is 5.75 Å². The molecule has 0 atom stereocenters. The first kappa shape index (κ1) is 21.3. The minimum atomic E-state index is -0.563. The molecule has 0 unspecified atom stereocenters. The lowest BCUT2D eigenvalue weighted by atomic mass is 10.1. The quantitative estimate of drug-likeness (QED) is 0.230. The van der Waals surface area contributed by atoms with Gasteiger partial charge in [-0.05, 0) is 43.7 Å². The maximum absolute atomic E-state index is 12.5. The average molecular weight is 426 g/mol. The van der Waals surface area contributed by atoms with Crippen LogP contribution in [-0.2, 0) is 6.54 Å². The van der Waals surface area contributed by atoms with Crippen LogP contribution in [0.2, 0.25) is 5.02 Å². The summed E-state index contributed by atoms with van der Waals surface area (Å²) in [5.41, 5.74) is 3.04. The average Bonchev–Trinajstić information content (AvgIpc) is 2.98. The molecule has 0 saturated carbocycles. The van der Waals surface area contributed by atoms with Crippen LogP contribution in [-0.4, -0.2) is 27.6 Å². The number of nitrogens with zero attached hydrogens (tertiary/aromatic N) is 3. The molecule has 0 saturated heterocycles. The van der Waals surface area contributed by atoms with Gasteiger partial charge >= 0.3 is 0 Å². The Hall–Kier alpha value is -3.45. The first-order chi connectivity index (χ1) is 14.3. The van der Waals surface area contributed by atoms with Gasteiger partial charge in [0, 0.05) is 11.6 Å². The maximum atomic E-state index is 12.5. The first-order valence-corrected chi connectivity index (χ1v) is 9.52. The van der Waals surface area contributed by atoms with E-state index in [1.807, 2.05) is 19.9 Å². The van der Waals surface area contributed by atoms with Crippen LogP contribution in [0.4, 0.5) is 5.69 Å². The maximum Gasteiger partial charge on any atom is 0.280 e. The van der Waals surface area contributed by atoms with Gasteiger partial charge in [-0.3, -0.25) is 19.6 Å². The summed E-state index contributed by atoms with van der Waals surface area (Å²) in [7, 11) is 1.58. The summed E-state index contributed by atoms with van der Waals surface area (Å²) in [5, 5.41) is 16.2. The van der Waals surface area contributed by atoms with Gasteiger partial charge in [0.2, 0.25) is 0 Å². The summed E-state index contributed by atoms with van der Waals surface area (Å²) in [5.74, 6) is 0.242. The minimum Gasteiger partial charge on any atom is -0.496 e. The largest absolute Gasteiger partial charge is 0.496 e. The van der Waals surface area contributed by atoms with Gasteiger partial charge in [-0.15, -0.1) is 0 Å². The van der Waals surface area contributed by atoms with E-state index >= 15 is 0 Å². The Morgan fingerprint density at radius 2 is 2.00 bits per heavy atom. The summed E-state index contributed by atoms with van der Waals surface area (Å²) in [6, 6.07) is 11.4. The molecular formula is C22H20ClN3O4. The molecule has 0 aliphatic heterocycles. The van der Waals surface area contributed by atoms with E-state index in [1.165, 1.54) is 24.3 Å². The molecule has 0 N–H and O–H groups in total. The molecule has 154 valence electrons. The number of carbonyl (C=O) groups is 1. The molecular weight excluding hydrogens is 406 g/mol. The van der Waals surface area contributed by atoms with Crippen molar-refractivity contribution in [3.05, 3.63) is 91.8 Å². The number of nitro groups is 1. The topological polar surface area (TPSA) is 87.3 Å². The third kappa shape index (κ3) is 4.41. The Morgan fingerprint density at radius 3 is 2.63 bits per heavy atom. The second-order valence-electron chi connectivity index (χ2n) is 6.69. The second-order valence-corrected chi connectivity index (χ2v) is 7.06. The van der Waals surface area contributed by atoms with Crippen LogP contribution in [0.1, 0.15) is 32.9 Å². The van der Waals surface area contributed by atoms with Gasteiger partial charge < -0.3 is 4.74 Å². The Labute approximate surface area is 178 Å². The van der Waals surface area contributed by atoms with Crippen molar-refractivity contribution in [1.29, 1.82) is 0 Å². The number of hydrogen-bond acceptors (Lipinski definition) is 5. The molecule has 3 aromatic rings. The zero-order valence-electron chi connectivity index (χ0n) is 16.8. The molecule has 0 radical (unpaired) electrons. The first-order valence-electron chi connectivity index (χ1n) is 9.14. The number of para-hydroxylation sites is 1. The molecule has 1 aromatic heterocycles. The van der Waals surface area contributed by atoms with E-state index in [1.54, 1.807) is 36.1 Å². The lowest BCUT2D eigenvalue weighted by molar-refractivity contribution is -0.385. The number of methoxy groups -OCH3 is 1. The number of benzene rings is 2. The fourth-order valence-electron chi connectivity index (χ4n) is 3.12. The molecule has 2 aromatic carbocycles. The van der Waals surface area contributed by atoms with E-state index in [0.717, 1.165) is 22.5 Å². The molecule has 0 aliphatic rings. The fourth-order valence-corrected chi connectivity index (χ4v) is 3.25. The van der Waals surface area contributed by atoms with E-state index in [-0.39, 0.29) is 11.3 Å². The van der Waals surface area contributed by atoms with Gasteiger partial charge in [-0.1, -0.05) is 35.9 Å². The van der Waals surface area contributed by atoms with Crippen LogP contribution in [0, 0.1) is 24.0 Å². The van der Waals surface area contributed by atoms with Crippen molar-refractivity contribution < 1.29 is 14.5 Å². The van der Waals surface area contributed by atoms with E-state index in [9.17, 15) is 14.9 Å². The number of allylic oxidation sites excluding steroid dienone is 1. The Balaban J connectivity index is 1.89. The van der Waals surface area contributed by atoms with E-state index < -0.39 is 10.7 Å². The molecule has 0 aliphatic carbocycles. The molecule has 30 heavy (non-hydrogen) atoms. The highest BCUT2D eigenvalue weighted by molar-refractivity contribution is 6.31. The van der Waals surface area contributed by atoms with E-state index in [0.29, 0.717) is 17.3 Å². The third-order valence-corrected chi connectivity index (χ3v) is 5.26. The van der Waals surface area contributed by atoms with Gasteiger partial charge in [0.05, 0.1) is 40.6 Å². The highest BCUT2D eigenvalue weighted by Crippen LogP contribution is 2.25. The van der Waals surface area contributed by atoms with Gasteiger partial charge in [-0.25, -0.2) is 0 Å². The number of rotatable bonds is 7. The van der Waals surface area contributed by atoms with Crippen molar-refractivity contribution in [2.45, 2.75) is 20.4 Å². The van der Waals surface area contributed by atoms with Gasteiger partial charge in [0.25, 0.3) is 5.69 Å². The highest BCUT2D eigenvalue weighted by atomic mass is 35.5. The van der Waals surface area contributed by atoms with E-state index in [2.05, 4.69) is 5.10 Å². The molecule has 0 fully saturated rings. The van der Waals surface area contributed by atoms with Crippen LogP contribution in [0.15, 0.2) is 48.5 Å². The van der Waals surface area contributed by atoms with Crippen LogP contribution in [0.5, 0.6) is 5.75 Å². The van der Waals surface area contributed by atoms with Gasteiger partial charge in [-0.2, -0.15) is 5.10 Å². The van der Waals surface area contributed by atoms with Gasteiger partial charge in [0.15, 0.2) is 5.78 Å². The summed E-state index contributed by atoms with van der Waals surface area (Å²) >= 11 is 6.24. The number of hydrogen-bond donors (Lipinski definition) is 0. The number of halogens is 1. The molecule has 1 heterocycles. The van der Waals surface area contributed by atoms with Crippen LogP contribution >= 0.6 is 11.6 Å². The predicted molar refractivity (Wildman–Crippen MR) is 115 cm³/mol. The normalized spacial score (nSPS) is 11.1. The zero-order chi connectivity index (χ0) is 21.8. The number of ether oxygens (including phenoxy) is 1. The lowest BCUT2D eigenvalue weighted by Gasteiger charge is -2.11. The van der Waals surface area contributed by atoms with Crippen LogP contribution < -0.4 is 4.74 Å². The minimum absolute atomic E-state index is 0.0461. The van der Waals surface area contributed by atoms with Crippen LogP contribution in [0.25, 0.3) is 6.08 Å². The van der Waals surface area contributed by atoms with Crippen molar-refractivity contribution in [3.63, 3.8) is 0 Å². The fraction of sp³-hybridized carbons (Fsp3) is 0.182. The Kier molecular flexibility index (Phi) is 6.32. The molecule has 8 heteroatoms. The number of carbonyl (C=O) groups excluding carboxylic acids is 1. The monoisotopic (exact) mass is 425 g/mol. The van der Waals surface area contributed by atoms with Crippen molar-refractivity contribution in [1.82, 2.24) is 9.78 Å². The van der Waals surface area contributed by atoms with Crippen LogP contribution in [0.3, 0.4) is 0 Å². The molecule has 0 bridgehead atoms. The standard InChI is InChI=1S/C22H20ClN3O4/c1-14-22(23)15(2)25(24-14)13-17-12-16(9-11-21(17)30-3)8-10-20(27)18-6-4-5-7-19(18)26(28)29/h4-12H,13H2,1-3H3/b10-8+. The Morgan fingerprint density at radius 1 is 1.27 bits per heavy atom. The summed E-state index contributed by atoms with van der Waals surface area (Å²) in [6.45, 7) is 4.18. The number of aryl methyl sites for hydroxylation is 1. The zero-order valence-corrected chi connectivity index (χ0v) is 17.5. The molecule has 3 rings (SSSR count).